The number of nitrogen functional groups attached to an aromatic ring is 1. The SMILES string of the molecule is CC(C)n1nc(-c2ccc(CC(=O)Cc3cc(CC4(C(F)(F)F)CC4)no3)cc2)c(C(N)=O)c1N. The number of aromatic nitrogens is 3. The number of amides is 1. The molecule has 0 bridgehead atoms. The van der Waals surface area contributed by atoms with Gasteiger partial charge in [-0.15, -0.1) is 0 Å². The Balaban J connectivity index is 1.41. The number of primary amides is 1. The molecule has 1 aromatic carbocycles. The predicted octanol–water partition coefficient (Wildman–Crippen LogP) is 4.04. The van der Waals surface area contributed by atoms with Crippen molar-refractivity contribution in [3.8, 4) is 11.3 Å². The van der Waals surface area contributed by atoms with Gasteiger partial charge in [0.2, 0.25) is 0 Å². The summed E-state index contributed by atoms with van der Waals surface area (Å²) in [5, 5.41) is 8.15. The van der Waals surface area contributed by atoms with Gasteiger partial charge in [0.15, 0.2) is 0 Å². The Morgan fingerprint density at radius 3 is 2.37 bits per heavy atom. The molecule has 0 saturated heterocycles. The van der Waals surface area contributed by atoms with E-state index >= 15 is 0 Å². The molecule has 0 unspecified atom stereocenters. The van der Waals surface area contributed by atoms with E-state index in [0.29, 0.717) is 16.8 Å². The second-order valence-corrected chi connectivity index (χ2v) is 9.34. The molecule has 35 heavy (non-hydrogen) atoms. The molecule has 1 aliphatic carbocycles. The fourth-order valence-electron chi connectivity index (χ4n) is 4.13. The number of rotatable bonds is 9. The lowest BCUT2D eigenvalue weighted by atomic mass is 9.99. The van der Waals surface area contributed by atoms with Crippen LogP contribution in [-0.2, 0) is 24.1 Å². The number of alkyl halides is 3. The fourth-order valence-corrected chi connectivity index (χ4v) is 4.13. The molecule has 186 valence electrons. The van der Waals surface area contributed by atoms with Crippen LogP contribution in [0.3, 0.4) is 0 Å². The van der Waals surface area contributed by atoms with Crippen molar-refractivity contribution in [3.63, 3.8) is 0 Å². The van der Waals surface area contributed by atoms with Gasteiger partial charge in [0, 0.05) is 30.5 Å². The molecule has 8 nitrogen and oxygen atoms in total. The quantitative estimate of drug-likeness (QED) is 0.467. The zero-order valence-electron chi connectivity index (χ0n) is 19.4. The molecule has 1 amide bonds. The van der Waals surface area contributed by atoms with Crippen LogP contribution in [0.5, 0.6) is 0 Å². The van der Waals surface area contributed by atoms with Gasteiger partial charge in [-0.2, -0.15) is 18.3 Å². The largest absolute Gasteiger partial charge is 0.394 e. The summed E-state index contributed by atoms with van der Waals surface area (Å²) in [5.41, 5.74) is 11.9. The van der Waals surface area contributed by atoms with Crippen molar-refractivity contribution in [2.24, 2.45) is 11.1 Å². The maximum Gasteiger partial charge on any atom is 0.394 e. The van der Waals surface area contributed by atoms with Crippen molar-refractivity contribution in [1.29, 1.82) is 0 Å². The van der Waals surface area contributed by atoms with Crippen LogP contribution in [0.25, 0.3) is 11.3 Å². The predicted molar refractivity (Wildman–Crippen MR) is 121 cm³/mol. The summed E-state index contributed by atoms with van der Waals surface area (Å²) >= 11 is 0. The first kappa shape index (κ1) is 24.5. The molecule has 0 atom stereocenters. The molecule has 0 aliphatic heterocycles. The summed E-state index contributed by atoms with van der Waals surface area (Å²) in [5.74, 6) is -0.433. The van der Waals surface area contributed by atoms with Gasteiger partial charge in [-0.25, -0.2) is 4.68 Å². The number of hydrogen-bond acceptors (Lipinski definition) is 6. The van der Waals surface area contributed by atoms with Crippen molar-refractivity contribution in [1.82, 2.24) is 14.9 Å². The highest BCUT2D eigenvalue weighted by Crippen LogP contribution is 2.59. The molecule has 3 aromatic rings. The first-order valence-corrected chi connectivity index (χ1v) is 11.2. The van der Waals surface area contributed by atoms with Gasteiger partial charge in [0.25, 0.3) is 5.91 Å². The smallest absolute Gasteiger partial charge is 0.383 e. The summed E-state index contributed by atoms with van der Waals surface area (Å²) in [6, 6.07) is 8.26. The Hall–Kier alpha value is -3.63. The minimum absolute atomic E-state index is 0.0707. The second kappa shape index (κ2) is 8.86. The average molecular weight is 489 g/mol. The van der Waals surface area contributed by atoms with Gasteiger partial charge in [-0.3, -0.25) is 9.59 Å². The molecule has 1 aliphatic rings. The van der Waals surface area contributed by atoms with Crippen LogP contribution >= 0.6 is 0 Å². The summed E-state index contributed by atoms with van der Waals surface area (Å²) in [7, 11) is 0. The molecular weight excluding hydrogens is 463 g/mol. The first-order valence-electron chi connectivity index (χ1n) is 11.2. The molecular formula is C24H26F3N5O3. The van der Waals surface area contributed by atoms with E-state index < -0.39 is 17.5 Å². The first-order chi connectivity index (χ1) is 16.4. The van der Waals surface area contributed by atoms with Crippen LogP contribution in [0.1, 0.15) is 60.1 Å². The molecule has 11 heteroatoms. The highest BCUT2D eigenvalue weighted by molar-refractivity contribution is 6.03. The molecule has 0 radical (unpaired) electrons. The van der Waals surface area contributed by atoms with Gasteiger partial charge in [-0.05, 0) is 32.3 Å². The Morgan fingerprint density at radius 1 is 1.17 bits per heavy atom. The summed E-state index contributed by atoms with van der Waals surface area (Å²) in [4.78, 5) is 24.5. The minimum Gasteiger partial charge on any atom is -0.383 e. The lowest BCUT2D eigenvalue weighted by Crippen LogP contribution is -2.26. The fraction of sp³-hybridized carbons (Fsp3) is 0.417. The van der Waals surface area contributed by atoms with Crippen LogP contribution in [0.2, 0.25) is 0 Å². The lowest BCUT2D eigenvalue weighted by molar-refractivity contribution is -0.186. The highest BCUT2D eigenvalue weighted by atomic mass is 19.4. The van der Waals surface area contributed by atoms with Gasteiger partial charge in [0.05, 0.1) is 17.5 Å². The number of hydrogen-bond donors (Lipinski definition) is 2. The highest BCUT2D eigenvalue weighted by Gasteiger charge is 2.63. The maximum absolute atomic E-state index is 13.1. The van der Waals surface area contributed by atoms with Crippen molar-refractivity contribution < 1.29 is 27.3 Å². The van der Waals surface area contributed by atoms with Gasteiger partial charge >= 0.3 is 6.18 Å². The molecule has 2 aromatic heterocycles. The van der Waals surface area contributed by atoms with E-state index in [-0.39, 0.29) is 66.8 Å². The Labute approximate surface area is 199 Å². The molecule has 4 N–H and O–H groups in total. The van der Waals surface area contributed by atoms with Crippen molar-refractivity contribution in [2.75, 3.05) is 5.73 Å². The summed E-state index contributed by atoms with van der Waals surface area (Å²) in [6.07, 6.45) is -4.33. The third kappa shape index (κ3) is 4.94. The standard InChI is InChI=1S/C24H26F3N5O3/c1-13(2)32-21(28)19(22(29)34)20(30-32)15-5-3-14(4-6-15)9-17(33)11-18-10-16(31-35-18)12-23(7-8-23)24(25,26)27/h3-6,10,13H,7-9,11-12,28H2,1-2H3,(H2,29,34). The van der Waals surface area contributed by atoms with Crippen LogP contribution in [-0.4, -0.2) is 32.8 Å². The van der Waals surface area contributed by atoms with Crippen LogP contribution in [0.15, 0.2) is 34.9 Å². The Morgan fingerprint density at radius 2 is 1.83 bits per heavy atom. The van der Waals surface area contributed by atoms with Crippen LogP contribution in [0, 0.1) is 5.41 Å². The van der Waals surface area contributed by atoms with E-state index in [1.54, 1.807) is 24.3 Å². The number of ketones is 1. The van der Waals surface area contributed by atoms with Gasteiger partial charge in [0.1, 0.15) is 28.6 Å². The molecule has 4 rings (SSSR count). The molecule has 2 heterocycles. The number of benzene rings is 1. The topological polar surface area (TPSA) is 130 Å². The summed E-state index contributed by atoms with van der Waals surface area (Å²) < 4.78 is 46.1. The van der Waals surface area contributed by atoms with Crippen molar-refractivity contribution >= 4 is 17.5 Å². The van der Waals surface area contributed by atoms with Crippen molar-refractivity contribution in [3.05, 3.63) is 52.9 Å². The average Bonchev–Trinajstić information content (AvgIpc) is 3.29. The third-order valence-corrected chi connectivity index (χ3v) is 6.27. The van der Waals surface area contributed by atoms with Crippen molar-refractivity contribution in [2.45, 2.75) is 58.2 Å². The van der Waals surface area contributed by atoms with Gasteiger partial charge < -0.3 is 16.0 Å². The minimum atomic E-state index is -4.27. The molecule has 1 saturated carbocycles. The summed E-state index contributed by atoms with van der Waals surface area (Å²) in [6.45, 7) is 3.76. The number of nitrogens with zero attached hydrogens (tertiary/aromatic N) is 3. The van der Waals surface area contributed by atoms with Crippen LogP contribution in [0.4, 0.5) is 19.0 Å². The monoisotopic (exact) mass is 489 g/mol. The molecule has 1 fully saturated rings. The van der Waals surface area contributed by atoms with E-state index in [9.17, 15) is 22.8 Å². The normalized spacial score (nSPS) is 14.9. The van der Waals surface area contributed by atoms with E-state index in [1.165, 1.54) is 10.7 Å². The van der Waals surface area contributed by atoms with Crippen LogP contribution < -0.4 is 11.5 Å². The number of anilines is 1. The number of halogens is 3. The molecule has 0 spiro atoms. The van der Waals surface area contributed by atoms with E-state index in [0.717, 1.165) is 0 Å². The maximum atomic E-state index is 13.1. The zero-order valence-corrected chi connectivity index (χ0v) is 19.4. The second-order valence-electron chi connectivity index (χ2n) is 9.34. The number of nitrogens with two attached hydrogens (primary N) is 2. The zero-order chi connectivity index (χ0) is 25.5. The van der Waals surface area contributed by atoms with E-state index in [1.807, 2.05) is 13.8 Å². The van der Waals surface area contributed by atoms with E-state index in [2.05, 4.69) is 10.3 Å². The number of carbonyl (C=O) groups excluding carboxylic acids is 2. The lowest BCUT2D eigenvalue weighted by Gasteiger charge is -2.17. The number of carbonyl (C=O) groups is 2. The Kier molecular flexibility index (Phi) is 6.20. The van der Waals surface area contributed by atoms with E-state index in [4.69, 9.17) is 16.0 Å². The number of Topliss-reactive ketones (excluding diaryl/α,β-unsaturated/α-hetero) is 1. The van der Waals surface area contributed by atoms with Gasteiger partial charge in [-0.1, -0.05) is 29.4 Å². The third-order valence-electron chi connectivity index (χ3n) is 6.27. The Bertz CT molecular complexity index is 1250.